The summed E-state index contributed by atoms with van der Waals surface area (Å²) in [4.78, 5) is 0. The van der Waals surface area contributed by atoms with Crippen LogP contribution in [-0.2, 0) is 6.54 Å². The van der Waals surface area contributed by atoms with E-state index < -0.39 is 0 Å². The number of rotatable bonds is 3. The monoisotopic (exact) mass is 272 g/mol. The molecule has 1 saturated heterocycles. The Morgan fingerprint density at radius 1 is 1.53 bits per heavy atom. The van der Waals surface area contributed by atoms with Crippen LogP contribution in [-0.4, -0.2) is 19.1 Å². The topological polar surface area (TPSA) is 24.1 Å². The van der Waals surface area contributed by atoms with Gasteiger partial charge in [-0.2, -0.15) is 0 Å². The Morgan fingerprint density at radius 2 is 2.40 bits per heavy atom. The van der Waals surface area contributed by atoms with Gasteiger partial charge in [-0.15, -0.1) is 0 Å². The molecule has 1 heterocycles. The first-order valence-corrected chi connectivity index (χ1v) is 5.93. The number of halogens is 2. The van der Waals surface area contributed by atoms with Gasteiger partial charge in [0.1, 0.15) is 5.82 Å². The summed E-state index contributed by atoms with van der Waals surface area (Å²) in [7, 11) is 0. The van der Waals surface area contributed by atoms with Crippen LogP contribution in [0, 0.1) is 5.82 Å². The second-order valence-electron chi connectivity index (χ2n) is 3.81. The highest BCUT2D eigenvalue weighted by molar-refractivity contribution is 9.10. The smallest absolute Gasteiger partial charge is 0.123 e. The molecule has 2 N–H and O–H groups in total. The Morgan fingerprint density at radius 3 is 3.13 bits per heavy atom. The van der Waals surface area contributed by atoms with E-state index in [-0.39, 0.29) is 5.82 Å². The molecule has 1 aliphatic rings. The molecule has 2 rings (SSSR count). The normalized spacial score (nSPS) is 20.8. The third kappa shape index (κ3) is 3.00. The average molecular weight is 273 g/mol. The first kappa shape index (κ1) is 11.0. The lowest BCUT2D eigenvalue weighted by atomic mass is 10.2. The van der Waals surface area contributed by atoms with Crippen LogP contribution >= 0.6 is 15.9 Å². The van der Waals surface area contributed by atoms with Gasteiger partial charge < -0.3 is 10.6 Å². The summed E-state index contributed by atoms with van der Waals surface area (Å²) in [6.45, 7) is 2.79. The lowest BCUT2D eigenvalue weighted by molar-refractivity contribution is 0.543. The van der Waals surface area contributed by atoms with E-state index in [0.29, 0.717) is 12.6 Å². The van der Waals surface area contributed by atoms with Crippen molar-refractivity contribution >= 4 is 15.9 Å². The van der Waals surface area contributed by atoms with Crippen molar-refractivity contribution in [3.8, 4) is 0 Å². The van der Waals surface area contributed by atoms with Gasteiger partial charge in [0.15, 0.2) is 0 Å². The molecule has 0 aliphatic carbocycles. The highest BCUT2D eigenvalue weighted by atomic mass is 79.9. The van der Waals surface area contributed by atoms with E-state index in [1.165, 1.54) is 6.07 Å². The standard InChI is InChI=1S/C11H14BrFN2/c12-11-2-1-9(13)5-8(11)6-15-10-3-4-14-7-10/h1-2,5,10,14-15H,3-4,6-7H2. The zero-order valence-electron chi connectivity index (χ0n) is 8.39. The minimum absolute atomic E-state index is 0.181. The molecule has 4 heteroatoms. The quantitative estimate of drug-likeness (QED) is 0.880. The SMILES string of the molecule is Fc1ccc(Br)c(CNC2CCNC2)c1. The minimum atomic E-state index is -0.181. The molecule has 1 fully saturated rings. The van der Waals surface area contributed by atoms with Gasteiger partial charge in [-0.25, -0.2) is 4.39 Å². The van der Waals surface area contributed by atoms with Gasteiger partial charge in [0.2, 0.25) is 0 Å². The molecule has 1 atom stereocenters. The molecule has 15 heavy (non-hydrogen) atoms. The summed E-state index contributed by atoms with van der Waals surface area (Å²) in [5, 5.41) is 6.69. The van der Waals surface area contributed by atoms with E-state index in [2.05, 4.69) is 26.6 Å². The fourth-order valence-corrected chi connectivity index (χ4v) is 2.15. The fourth-order valence-electron chi connectivity index (χ4n) is 1.76. The Labute approximate surface area is 97.4 Å². The van der Waals surface area contributed by atoms with Crippen LogP contribution in [0.1, 0.15) is 12.0 Å². The van der Waals surface area contributed by atoms with Gasteiger partial charge in [0.05, 0.1) is 0 Å². The van der Waals surface area contributed by atoms with Crippen molar-refractivity contribution in [3.05, 3.63) is 34.1 Å². The zero-order valence-corrected chi connectivity index (χ0v) is 9.98. The van der Waals surface area contributed by atoms with Gasteiger partial charge >= 0.3 is 0 Å². The van der Waals surface area contributed by atoms with Crippen LogP contribution in [0.4, 0.5) is 4.39 Å². The van der Waals surface area contributed by atoms with Crippen LogP contribution in [0.25, 0.3) is 0 Å². The summed E-state index contributed by atoms with van der Waals surface area (Å²) in [5.74, 6) is -0.181. The Balaban J connectivity index is 1.94. The van der Waals surface area contributed by atoms with Gasteiger partial charge in [0.25, 0.3) is 0 Å². The molecule has 1 unspecified atom stereocenters. The van der Waals surface area contributed by atoms with Crippen LogP contribution < -0.4 is 10.6 Å². The molecule has 0 saturated carbocycles. The largest absolute Gasteiger partial charge is 0.315 e. The summed E-state index contributed by atoms with van der Waals surface area (Å²) in [6.07, 6.45) is 1.15. The second-order valence-corrected chi connectivity index (χ2v) is 4.66. The summed E-state index contributed by atoms with van der Waals surface area (Å²) in [5.41, 5.74) is 0.974. The van der Waals surface area contributed by atoms with Gasteiger partial charge in [0, 0.05) is 23.6 Å². The molecule has 1 aromatic carbocycles. The maximum Gasteiger partial charge on any atom is 0.123 e. The lowest BCUT2D eigenvalue weighted by Gasteiger charge is -2.12. The molecule has 0 radical (unpaired) electrons. The number of hydrogen-bond acceptors (Lipinski definition) is 2. The molecular weight excluding hydrogens is 259 g/mol. The van der Waals surface area contributed by atoms with E-state index in [0.717, 1.165) is 29.5 Å². The minimum Gasteiger partial charge on any atom is -0.315 e. The number of hydrogen-bond donors (Lipinski definition) is 2. The molecule has 0 spiro atoms. The number of benzene rings is 1. The van der Waals surface area contributed by atoms with E-state index in [4.69, 9.17) is 0 Å². The molecule has 0 bridgehead atoms. The van der Waals surface area contributed by atoms with Crippen molar-refractivity contribution < 1.29 is 4.39 Å². The van der Waals surface area contributed by atoms with Crippen molar-refractivity contribution in [1.82, 2.24) is 10.6 Å². The molecule has 82 valence electrons. The lowest BCUT2D eigenvalue weighted by Crippen LogP contribution is -2.30. The average Bonchev–Trinajstić information content (AvgIpc) is 2.72. The van der Waals surface area contributed by atoms with Crippen LogP contribution in [0.3, 0.4) is 0 Å². The Bertz CT molecular complexity index is 337. The highest BCUT2D eigenvalue weighted by Crippen LogP contribution is 2.17. The Kier molecular flexibility index (Phi) is 3.72. The third-order valence-electron chi connectivity index (χ3n) is 2.65. The summed E-state index contributed by atoms with van der Waals surface area (Å²) >= 11 is 3.42. The van der Waals surface area contributed by atoms with E-state index in [1.54, 1.807) is 12.1 Å². The zero-order chi connectivity index (χ0) is 10.7. The molecular formula is C11H14BrFN2. The third-order valence-corrected chi connectivity index (χ3v) is 3.42. The van der Waals surface area contributed by atoms with Crippen LogP contribution in [0.15, 0.2) is 22.7 Å². The van der Waals surface area contributed by atoms with Crippen LogP contribution in [0.5, 0.6) is 0 Å². The van der Waals surface area contributed by atoms with Gasteiger partial charge in [-0.3, -0.25) is 0 Å². The fraction of sp³-hybridized carbons (Fsp3) is 0.455. The van der Waals surface area contributed by atoms with E-state index in [1.807, 2.05) is 0 Å². The predicted octanol–water partition coefficient (Wildman–Crippen LogP) is 2.04. The molecule has 0 amide bonds. The highest BCUT2D eigenvalue weighted by Gasteiger charge is 2.13. The van der Waals surface area contributed by atoms with Crippen LogP contribution in [0.2, 0.25) is 0 Å². The van der Waals surface area contributed by atoms with E-state index in [9.17, 15) is 4.39 Å². The van der Waals surface area contributed by atoms with Crippen molar-refractivity contribution in [2.75, 3.05) is 13.1 Å². The maximum atomic E-state index is 13.0. The van der Waals surface area contributed by atoms with Crippen molar-refractivity contribution in [2.24, 2.45) is 0 Å². The first-order chi connectivity index (χ1) is 7.25. The van der Waals surface area contributed by atoms with Crippen molar-refractivity contribution in [3.63, 3.8) is 0 Å². The number of nitrogens with one attached hydrogen (secondary N) is 2. The summed E-state index contributed by atoms with van der Waals surface area (Å²) < 4.78 is 13.9. The predicted molar refractivity (Wildman–Crippen MR) is 62.2 cm³/mol. The molecule has 1 aromatic rings. The second kappa shape index (κ2) is 5.05. The Hall–Kier alpha value is -0.450. The molecule has 0 aromatic heterocycles. The van der Waals surface area contributed by atoms with Gasteiger partial charge in [-0.1, -0.05) is 15.9 Å². The molecule has 2 nitrogen and oxygen atoms in total. The van der Waals surface area contributed by atoms with E-state index >= 15 is 0 Å². The van der Waals surface area contributed by atoms with Gasteiger partial charge in [-0.05, 0) is 36.7 Å². The first-order valence-electron chi connectivity index (χ1n) is 5.14. The molecule has 1 aliphatic heterocycles. The maximum absolute atomic E-state index is 13.0. The van der Waals surface area contributed by atoms with Crippen molar-refractivity contribution in [1.29, 1.82) is 0 Å². The van der Waals surface area contributed by atoms with Crippen molar-refractivity contribution in [2.45, 2.75) is 19.0 Å². The summed E-state index contributed by atoms with van der Waals surface area (Å²) in [6, 6.07) is 5.30.